The van der Waals surface area contributed by atoms with Crippen molar-refractivity contribution in [2.24, 2.45) is 9.98 Å². The highest BCUT2D eigenvalue weighted by atomic mass is 28.3. The summed E-state index contributed by atoms with van der Waals surface area (Å²) in [7, 11) is -1.32. The number of ether oxygens (including phenoxy) is 1. The first kappa shape index (κ1) is 18.2. The Morgan fingerprint density at radius 3 is 2.35 bits per heavy atom. The molecule has 0 unspecified atom stereocenters. The van der Waals surface area contributed by atoms with E-state index >= 15 is 0 Å². The number of nitrogens with zero attached hydrogens (tertiary/aromatic N) is 3. The number of para-hydroxylation sites is 2. The van der Waals surface area contributed by atoms with Gasteiger partial charge < -0.3 is 10.1 Å². The molecule has 1 aliphatic heterocycles. The van der Waals surface area contributed by atoms with Crippen LogP contribution in [0, 0.1) is 0 Å². The van der Waals surface area contributed by atoms with Gasteiger partial charge in [0.15, 0.2) is 0 Å². The molecule has 3 rings (SSSR count). The van der Waals surface area contributed by atoms with Crippen LogP contribution in [0.25, 0.3) is 0 Å². The smallest absolute Gasteiger partial charge is 0.299 e. The molecular weight excluding hydrogens is 340 g/mol. The minimum Gasteiger partial charge on any atom is -0.463 e. The van der Waals surface area contributed by atoms with Crippen LogP contribution in [0.2, 0.25) is 19.6 Å². The summed E-state index contributed by atoms with van der Waals surface area (Å²) in [5.41, 5.74) is 1.88. The topological polar surface area (TPSA) is 49.2 Å². The third kappa shape index (κ3) is 5.19. The SMILES string of the molecule is C[Si](C)(C)C/N=C(/Nc1ccccc1)N1CCOC1=Nc1ccccc1. The lowest BCUT2D eigenvalue weighted by Gasteiger charge is -2.22. The van der Waals surface area contributed by atoms with Crippen molar-refractivity contribution in [2.75, 3.05) is 24.6 Å². The fraction of sp³-hybridized carbons (Fsp3) is 0.300. The maximum Gasteiger partial charge on any atom is 0.299 e. The number of benzene rings is 2. The zero-order chi connectivity index (χ0) is 18.4. The minimum absolute atomic E-state index is 0.592. The first-order chi connectivity index (χ1) is 12.5. The summed E-state index contributed by atoms with van der Waals surface area (Å²) < 4.78 is 5.79. The van der Waals surface area contributed by atoms with Gasteiger partial charge in [-0.25, -0.2) is 0 Å². The van der Waals surface area contributed by atoms with Crippen LogP contribution in [0.4, 0.5) is 11.4 Å². The number of hydrogen-bond acceptors (Lipinski definition) is 3. The monoisotopic (exact) mass is 366 g/mol. The van der Waals surface area contributed by atoms with Crippen molar-refractivity contribution < 1.29 is 4.74 Å². The van der Waals surface area contributed by atoms with Crippen LogP contribution in [0.15, 0.2) is 70.6 Å². The van der Waals surface area contributed by atoms with Crippen molar-refractivity contribution >= 4 is 31.4 Å². The first-order valence-corrected chi connectivity index (χ1v) is 12.6. The number of anilines is 1. The number of hydrogen-bond donors (Lipinski definition) is 1. The van der Waals surface area contributed by atoms with Gasteiger partial charge in [-0.15, -0.1) is 0 Å². The molecule has 0 saturated carbocycles. The van der Waals surface area contributed by atoms with Gasteiger partial charge in [0.05, 0.1) is 20.3 Å². The maximum absolute atomic E-state index is 5.79. The molecule has 2 aromatic carbocycles. The number of aliphatic imine (C=N–C) groups is 2. The predicted molar refractivity (Wildman–Crippen MR) is 112 cm³/mol. The van der Waals surface area contributed by atoms with Gasteiger partial charge in [-0.3, -0.25) is 9.89 Å². The molecule has 0 spiro atoms. The average Bonchev–Trinajstić information content (AvgIpc) is 3.07. The second kappa shape index (κ2) is 8.18. The number of nitrogens with one attached hydrogen (secondary N) is 1. The zero-order valence-corrected chi connectivity index (χ0v) is 16.6. The van der Waals surface area contributed by atoms with E-state index < -0.39 is 8.07 Å². The molecular formula is C20H26N4OSi. The van der Waals surface area contributed by atoms with Gasteiger partial charge in [0.2, 0.25) is 5.96 Å². The van der Waals surface area contributed by atoms with Crippen LogP contribution in [-0.4, -0.2) is 44.3 Å². The normalized spacial score (nSPS) is 16.7. The Morgan fingerprint density at radius 2 is 1.69 bits per heavy atom. The third-order valence-electron chi connectivity index (χ3n) is 3.75. The van der Waals surface area contributed by atoms with E-state index in [4.69, 9.17) is 9.73 Å². The highest BCUT2D eigenvalue weighted by Crippen LogP contribution is 2.16. The first-order valence-electron chi connectivity index (χ1n) is 8.92. The second-order valence-corrected chi connectivity index (χ2v) is 12.9. The Kier molecular flexibility index (Phi) is 5.73. The number of amidine groups is 1. The molecule has 1 saturated heterocycles. The Balaban J connectivity index is 1.88. The molecule has 6 heteroatoms. The molecule has 0 radical (unpaired) electrons. The number of guanidine groups is 1. The van der Waals surface area contributed by atoms with Gasteiger partial charge in [0.25, 0.3) is 6.02 Å². The molecule has 0 aliphatic carbocycles. The van der Waals surface area contributed by atoms with E-state index in [0.717, 1.165) is 30.0 Å². The average molecular weight is 367 g/mol. The molecule has 0 atom stereocenters. The molecule has 5 nitrogen and oxygen atoms in total. The minimum atomic E-state index is -1.32. The Bertz CT molecular complexity index is 769. The summed E-state index contributed by atoms with van der Waals surface area (Å²) in [6, 6.07) is 20.6. The van der Waals surface area contributed by atoms with E-state index in [-0.39, 0.29) is 0 Å². The molecule has 0 aromatic heterocycles. The van der Waals surface area contributed by atoms with E-state index in [0.29, 0.717) is 12.6 Å². The van der Waals surface area contributed by atoms with Crippen molar-refractivity contribution in [3.8, 4) is 0 Å². The van der Waals surface area contributed by atoms with E-state index in [9.17, 15) is 0 Å². The third-order valence-corrected chi connectivity index (χ3v) is 4.85. The summed E-state index contributed by atoms with van der Waals surface area (Å²) in [6.45, 7) is 8.28. The van der Waals surface area contributed by atoms with E-state index in [1.165, 1.54) is 0 Å². The summed E-state index contributed by atoms with van der Waals surface area (Å²) in [4.78, 5) is 11.6. The molecule has 1 N–H and O–H groups in total. The Labute approximate surface area is 156 Å². The van der Waals surface area contributed by atoms with Crippen molar-refractivity contribution in [1.29, 1.82) is 0 Å². The maximum atomic E-state index is 5.79. The van der Waals surface area contributed by atoms with E-state index in [2.05, 4.69) is 30.0 Å². The van der Waals surface area contributed by atoms with Crippen molar-refractivity contribution in [1.82, 2.24) is 4.90 Å². The second-order valence-electron chi connectivity index (χ2n) is 7.42. The molecule has 1 fully saturated rings. The van der Waals surface area contributed by atoms with E-state index in [1.807, 2.05) is 65.6 Å². The van der Waals surface area contributed by atoms with Gasteiger partial charge in [-0.2, -0.15) is 4.99 Å². The largest absolute Gasteiger partial charge is 0.463 e. The lowest BCUT2D eigenvalue weighted by molar-refractivity contribution is 0.352. The van der Waals surface area contributed by atoms with Crippen molar-refractivity contribution in [3.05, 3.63) is 60.7 Å². The van der Waals surface area contributed by atoms with Crippen LogP contribution in [0.3, 0.4) is 0 Å². The van der Waals surface area contributed by atoms with E-state index in [1.54, 1.807) is 0 Å². The summed E-state index contributed by atoms with van der Waals surface area (Å²) in [5, 5.41) is 3.45. The van der Waals surface area contributed by atoms with Crippen LogP contribution < -0.4 is 5.32 Å². The summed E-state index contributed by atoms with van der Waals surface area (Å²) in [5.74, 6) is 0.797. The Hall–Kier alpha value is -2.60. The van der Waals surface area contributed by atoms with Gasteiger partial charge in [0.1, 0.15) is 6.61 Å². The van der Waals surface area contributed by atoms with Crippen LogP contribution in [-0.2, 0) is 4.74 Å². The molecule has 2 aromatic rings. The highest BCUT2D eigenvalue weighted by molar-refractivity contribution is 6.76. The fourth-order valence-electron chi connectivity index (χ4n) is 2.46. The van der Waals surface area contributed by atoms with Gasteiger partial charge in [0, 0.05) is 11.9 Å². The van der Waals surface area contributed by atoms with Crippen LogP contribution in [0.5, 0.6) is 0 Å². The number of rotatable bonds is 4. The van der Waals surface area contributed by atoms with Crippen molar-refractivity contribution in [2.45, 2.75) is 19.6 Å². The Morgan fingerprint density at radius 1 is 1.04 bits per heavy atom. The van der Waals surface area contributed by atoms with Gasteiger partial charge in [-0.05, 0) is 24.3 Å². The lowest BCUT2D eigenvalue weighted by Crippen LogP contribution is -2.39. The fourth-order valence-corrected chi connectivity index (χ4v) is 3.08. The quantitative estimate of drug-likeness (QED) is 0.497. The predicted octanol–water partition coefficient (Wildman–Crippen LogP) is 4.35. The van der Waals surface area contributed by atoms with Crippen LogP contribution >= 0.6 is 0 Å². The molecule has 26 heavy (non-hydrogen) atoms. The zero-order valence-electron chi connectivity index (χ0n) is 15.6. The van der Waals surface area contributed by atoms with Gasteiger partial charge >= 0.3 is 0 Å². The molecule has 0 bridgehead atoms. The molecule has 1 aliphatic rings. The molecule has 136 valence electrons. The van der Waals surface area contributed by atoms with Gasteiger partial charge in [-0.1, -0.05) is 56.0 Å². The van der Waals surface area contributed by atoms with Crippen molar-refractivity contribution in [3.63, 3.8) is 0 Å². The highest BCUT2D eigenvalue weighted by Gasteiger charge is 2.26. The lowest BCUT2D eigenvalue weighted by atomic mass is 10.3. The molecule has 1 heterocycles. The molecule has 0 amide bonds. The standard InChI is InChI=1S/C20H26N4OSi/c1-26(2,3)16-21-19(22-17-10-6-4-7-11-17)24-14-15-25-20(24)23-18-12-8-5-9-13-18/h4-13H,14-16H2,1-3H3,(H,21,22). The van der Waals surface area contributed by atoms with Crippen LogP contribution in [0.1, 0.15) is 0 Å². The summed E-state index contributed by atoms with van der Waals surface area (Å²) >= 11 is 0. The summed E-state index contributed by atoms with van der Waals surface area (Å²) in [6.07, 6.45) is 0.845.